The normalized spacial score (nSPS) is 10.5. The summed E-state index contributed by atoms with van der Waals surface area (Å²) in [5, 5.41) is 9.38. The topological polar surface area (TPSA) is 24.1 Å². The van der Waals surface area contributed by atoms with Gasteiger partial charge in [-0.25, -0.2) is 0 Å². The maximum Gasteiger partial charge on any atom is 0.0463 e. The molecule has 24 heavy (non-hydrogen) atoms. The Morgan fingerprint density at radius 3 is 1.79 bits per heavy atom. The van der Waals surface area contributed by atoms with Gasteiger partial charge in [-0.2, -0.15) is 0 Å². The van der Waals surface area contributed by atoms with Crippen molar-refractivity contribution in [1.29, 1.82) is 0 Å². The van der Waals surface area contributed by atoms with E-state index in [2.05, 4.69) is 89.5 Å². The lowest BCUT2D eigenvalue weighted by atomic mass is 10.1. The van der Waals surface area contributed by atoms with E-state index in [9.17, 15) is 0 Å². The molecule has 4 aromatic carbocycles. The number of hydrogen-bond acceptors (Lipinski definition) is 2. The molecule has 0 saturated carbocycles. The van der Waals surface area contributed by atoms with Crippen molar-refractivity contribution in [2.45, 2.75) is 0 Å². The van der Waals surface area contributed by atoms with Crippen molar-refractivity contribution in [2.24, 2.45) is 0 Å². The molecule has 0 amide bonds. The van der Waals surface area contributed by atoms with Crippen LogP contribution < -0.4 is 10.6 Å². The van der Waals surface area contributed by atoms with Gasteiger partial charge >= 0.3 is 0 Å². The Morgan fingerprint density at radius 1 is 0.417 bits per heavy atom. The van der Waals surface area contributed by atoms with E-state index in [0.717, 1.165) is 22.7 Å². The van der Waals surface area contributed by atoms with Gasteiger partial charge in [0, 0.05) is 28.1 Å². The highest BCUT2D eigenvalue weighted by Crippen LogP contribution is 2.27. The Kier molecular flexibility index (Phi) is 3.86. The standard InChI is InChI=1S/C22H18N2/c1-2-9-18(10-3-1)23-19-13-15-20(16-14-19)24-22-12-6-8-17-7-4-5-11-21(17)22/h1-16,23-24H. The third kappa shape index (κ3) is 3.08. The highest BCUT2D eigenvalue weighted by Gasteiger charge is 2.01. The first-order valence-corrected chi connectivity index (χ1v) is 8.05. The molecule has 0 spiro atoms. The molecule has 0 atom stereocenters. The molecule has 0 aliphatic rings. The van der Waals surface area contributed by atoms with E-state index in [1.54, 1.807) is 0 Å². The number of para-hydroxylation sites is 1. The van der Waals surface area contributed by atoms with Crippen molar-refractivity contribution in [2.75, 3.05) is 10.6 Å². The van der Waals surface area contributed by atoms with Crippen molar-refractivity contribution in [1.82, 2.24) is 0 Å². The summed E-state index contributed by atoms with van der Waals surface area (Å²) in [7, 11) is 0. The lowest BCUT2D eigenvalue weighted by Gasteiger charge is -2.11. The SMILES string of the molecule is c1ccc(Nc2ccc(Nc3cccc4ccccc34)cc2)cc1. The Morgan fingerprint density at radius 2 is 1.00 bits per heavy atom. The van der Waals surface area contributed by atoms with Gasteiger partial charge < -0.3 is 10.6 Å². The largest absolute Gasteiger partial charge is 0.356 e. The van der Waals surface area contributed by atoms with E-state index in [1.165, 1.54) is 10.8 Å². The second kappa shape index (κ2) is 6.47. The minimum absolute atomic E-state index is 1.07. The average Bonchev–Trinajstić information content (AvgIpc) is 2.65. The zero-order valence-corrected chi connectivity index (χ0v) is 13.2. The zero-order chi connectivity index (χ0) is 16.2. The van der Waals surface area contributed by atoms with Crippen molar-refractivity contribution < 1.29 is 0 Å². The Hall–Kier alpha value is -3.26. The van der Waals surface area contributed by atoms with Crippen LogP contribution in [0.4, 0.5) is 22.7 Å². The van der Waals surface area contributed by atoms with E-state index < -0.39 is 0 Å². The van der Waals surface area contributed by atoms with Crippen molar-refractivity contribution in [3.8, 4) is 0 Å². The highest BCUT2D eigenvalue weighted by molar-refractivity contribution is 5.95. The molecule has 0 heterocycles. The second-order valence-corrected chi connectivity index (χ2v) is 5.72. The maximum atomic E-state index is 3.51. The number of rotatable bonds is 4. The Balaban J connectivity index is 1.55. The van der Waals surface area contributed by atoms with Gasteiger partial charge in [0.05, 0.1) is 0 Å². The third-order valence-electron chi connectivity index (χ3n) is 4.02. The molecular formula is C22H18N2. The van der Waals surface area contributed by atoms with Gasteiger partial charge in [0.1, 0.15) is 0 Å². The van der Waals surface area contributed by atoms with Crippen LogP contribution in [0.2, 0.25) is 0 Å². The van der Waals surface area contributed by atoms with E-state index in [-0.39, 0.29) is 0 Å². The van der Waals surface area contributed by atoms with Crippen LogP contribution in [0.25, 0.3) is 10.8 Å². The first-order chi connectivity index (χ1) is 11.9. The van der Waals surface area contributed by atoms with Gasteiger partial charge in [-0.3, -0.25) is 0 Å². The molecule has 2 heteroatoms. The monoisotopic (exact) mass is 310 g/mol. The van der Waals surface area contributed by atoms with E-state index in [0.29, 0.717) is 0 Å². The molecule has 2 nitrogen and oxygen atoms in total. The first kappa shape index (κ1) is 14.3. The van der Waals surface area contributed by atoms with Crippen LogP contribution in [0.3, 0.4) is 0 Å². The van der Waals surface area contributed by atoms with Gasteiger partial charge in [0.2, 0.25) is 0 Å². The number of nitrogens with one attached hydrogen (secondary N) is 2. The number of anilines is 4. The molecule has 4 aromatic rings. The summed E-state index contributed by atoms with van der Waals surface area (Å²) in [5.41, 5.74) is 4.36. The summed E-state index contributed by atoms with van der Waals surface area (Å²) < 4.78 is 0. The third-order valence-corrected chi connectivity index (χ3v) is 4.02. The van der Waals surface area contributed by atoms with Gasteiger partial charge in [0.25, 0.3) is 0 Å². The quantitative estimate of drug-likeness (QED) is 0.460. The molecule has 0 aromatic heterocycles. The first-order valence-electron chi connectivity index (χ1n) is 8.05. The molecule has 2 N–H and O–H groups in total. The van der Waals surface area contributed by atoms with Gasteiger partial charge in [-0.1, -0.05) is 54.6 Å². The number of hydrogen-bond donors (Lipinski definition) is 2. The Labute approximate surface area is 141 Å². The van der Waals surface area contributed by atoms with Crippen molar-refractivity contribution >= 4 is 33.5 Å². The number of benzene rings is 4. The highest BCUT2D eigenvalue weighted by atomic mass is 14.9. The fourth-order valence-corrected chi connectivity index (χ4v) is 2.81. The van der Waals surface area contributed by atoms with Gasteiger partial charge in [-0.05, 0) is 47.9 Å². The second-order valence-electron chi connectivity index (χ2n) is 5.72. The van der Waals surface area contributed by atoms with E-state index in [4.69, 9.17) is 0 Å². The lowest BCUT2D eigenvalue weighted by molar-refractivity contribution is 1.53. The number of fused-ring (bicyclic) bond motifs is 1. The summed E-state index contributed by atoms with van der Waals surface area (Å²) in [6.07, 6.45) is 0. The summed E-state index contributed by atoms with van der Waals surface area (Å²) in [4.78, 5) is 0. The average molecular weight is 310 g/mol. The van der Waals surface area contributed by atoms with E-state index >= 15 is 0 Å². The molecule has 0 fully saturated rings. The summed E-state index contributed by atoms with van der Waals surface area (Å²) >= 11 is 0. The molecule has 4 rings (SSSR count). The van der Waals surface area contributed by atoms with Crippen LogP contribution in [-0.4, -0.2) is 0 Å². The molecule has 0 aliphatic heterocycles. The van der Waals surface area contributed by atoms with Gasteiger partial charge in [-0.15, -0.1) is 0 Å². The van der Waals surface area contributed by atoms with Crippen molar-refractivity contribution in [3.63, 3.8) is 0 Å². The lowest BCUT2D eigenvalue weighted by Crippen LogP contribution is -1.93. The molecular weight excluding hydrogens is 292 g/mol. The van der Waals surface area contributed by atoms with Gasteiger partial charge in [0.15, 0.2) is 0 Å². The van der Waals surface area contributed by atoms with Crippen LogP contribution in [0, 0.1) is 0 Å². The van der Waals surface area contributed by atoms with Crippen LogP contribution in [-0.2, 0) is 0 Å². The Bertz CT molecular complexity index is 939. The fraction of sp³-hybridized carbons (Fsp3) is 0. The smallest absolute Gasteiger partial charge is 0.0463 e. The summed E-state index contributed by atoms with van der Waals surface area (Å²) in [5.74, 6) is 0. The fourth-order valence-electron chi connectivity index (χ4n) is 2.81. The van der Waals surface area contributed by atoms with Crippen LogP contribution in [0.1, 0.15) is 0 Å². The summed E-state index contributed by atoms with van der Waals surface area (Å²) in [6, 6.07) is 33.3. The van der Waals surface area contributed by atoms with Crippen LogP contribution in [0.5, 0.6) is 0 Å². The molecule has 0 radical (unpaired) electrons. The molecule has 0 saturated heterocycles. The summed E-state index contributed by atoms with van der Waals surface area (Å²) in [6.45, 7) is 0. The molecule has 0 aliphatic carbocycles. The van der Waals surface area contributed by atoms with Crippen LogP contribution >= 0.6 is 0 Å². The molecule has 116 valence electrons. The minimum atomic E-state index is 1.07. The predicted octanol–water partition coefficient (Wildman–Crippen LogP) is 6.33. The molecule has 0 bridgehead atoms. The predicted molar refractivity (Wildman–Crippen MR) is 103 cm³/mol. The van der Waals surface area contributed by atoms with Crippen LogP contribution in [0.15, 0.2) is 97.1 Å². The van der Waals surface area contributed by atoms with E-state index in [1.807, 2.05) is 18.2 Å². The maximum absolute atomic E-state index is 3.51. The van der Waals surface area contributed by atoms with Crippen molar-refractivity contribution in [3.05, 3.63) is 97.1 Å². The zero-order valence-electron chi connectivity index (χ0n) is 13.2. The minimum Gasteiger partial charge on any atom is -0.356 e. The molecule has 0 unspecified atom stereocenters.